The first-order valence-electron chi connectivity index (χ1n) is 9.49. The first kappa shape index (κ1) is 21.1. The Bertz CT molecular complexity index is 750. The molecule has 2 amide bonds. The van der Waals surface area contributed by atoms with Crippen LogP contribution >= 0.6 is 22.6 Å². The lowest BCUT2D eigenvalue weighted by Crippen LogP contribution is -2.49. The number of carbonyl (C=O) groups excluding carboxylic acids is 2. The fraction of sp³-hybridized carbons (Fsp3) is 0.650. The number of likely N-dealkylation sites (tertiary alicyclic amines) is 1. The predicted molar refractivity (Wildman–Crippen MR) is 113 cm³/mol. The van der Waals surface area contributed by atoms with Gasteiger partial charge in [0, 0.05) is 25.2 Å². The van der Waals surface area contributed by atoms with Crippen LogP contribution < -0.4 is 10.1 Å². The normalized spacial score (nSPS) is 23.8. The lowest BCUT2D eigenvalue weighted by Gasteiger charge is -2.28. The maximum atomic E-state index is 12.7. The second-order valence-corrected chi connectivity index (χ2v) is 10.4. The smallest absolute Gasteiger partial charge is 0.410 e. The molecule has 1 saturated carbocycles. The van der Waals surface area contributed by atoms with Gasteiger partial charge in [-0.3, -0.25) is 9.78 Å². The zero-order valence-corrected chi connectivity index (χ0v) is 19.1. The highest BCUT2D eigenvalue weighted by Crippen LogP contribution is 2.52. The molecule has 0 spiro atoms. The van der Waals surface area contributed by atoms with Gasteiger partial charge >= 0.3 is 6.09 Å². The molecule has 7 nitrogen and oxygen atoms in total. The van der Waals surface area contributed by atoms with Crippen LogP contribution in [-0.4, -0.2) is 52.7 Å². The number of piperidine rings is 1. The molecule has 3 rings (SSSR count). The van der Waals surface area contributed by atoms with E-state index in [4.69, 9.17) is 9.47 Å². The average Bonchev–Trinajstić information content (AvgIpc) is 3.07. The molecule has 3 atom stereocenters. The van der Waals surface area contributed by atoms with Gasteiger partial charge in [0.1, 0.15) is 12.2 Å². The van der Waals surface area contributed by atoms with Gasteiger partial charge in [0.05, 0.1) is 15.3 Å². The highest BCUT2D eigenvalue weighted by Gasteiger charge is 2.61. The number of carbonyl (C=O) groups is 2. The SMILES string of the molecule is CC(C)(COc1cnccc1I)NC(=O)C1[C@H]2CN(C(=O)OC(C)(C)C)C[C@@H]12. The van der Waals surface area contributed by atoms with Crippen molar-refractivity contribution < 1.29 is 19.1 Å². The summed E-state index contributed by atoms with van der Waals surface area (Å²) >= 11 is 2.20. The van der Waals surface area contributed by atoms with Gasteiger partial charge in [-0.2, -0.15) is 0 Å². The van der Waals surface area contributed by atoms with Crippen molar-refractivity contribution >= 4 is 34.6 Å². The van der Waals surface area contributed by atoms with E-state index in [9.17, 15) is 9.59 Å². The summed E-state index contributed by atoms with van der Waals surface area (Å²) in [5.41, 5.74) is -1.01. The van der Waals surface area contributed by atoms with E-state index < -0.39 is 11.1 Å². The van der Waals surface area contributed by atoms with E-state index in [2.05, 4.69) is 32.9 Å². The molecule has 0 radical (unpaired) electrons. The van der Waals surface area contributed by atoms with Crippen molar-refractivity contribution in [1.82, 2.24) is 15.2 Å². The minimum Gasteiger partial charge on any atom is -0.488 e. The quantitative estimate of drug-likeness (QED) is 0.628. The van der Waals surface area contributed by atoms with Crippen molar-refractivity contribution in [2.24, 2.45) is 17.8 Å². The molecule has 2 heterocycles. The molecule has 1 saturated heterocycles. The number of fused-ring (bicyclic) bond motifs is 1. The topological polar surface area (TPSA) is 80.8 Å². The first-order valence-corrected chi connectivity index (χ1v) is 10.6. The molecule has 1 aromatic rings. The van der Waals surface area contributed by atoms with Gasteiger partial charge in [0.25, 0.3) is 0 Å². The number of nitrogens with one attached hydrogen (secondary N) is 1. The average molecular weight is 501 g/mol. The van der Waals surface area contributed by atoms with Gasteiger partial charge in [-0.15, -0.1) is 0 Å². The Morgan fingerprint density at radius 2 is 1.89 bits per heavy atom. The van der Waals surface area contributed by atoms with Crippen molar-refractivity contribution in [3.63, 3.8) is 0 Å². The molecule has 0 bridgehead atoms. The molecule has 1 aliphatic heterocycles. The summed E-state index contributed by atoms with van der Waals surface area (Å²) in [7, 11) is 0. The van der Waals surface area contributed by atoms with Crippen LogP contribution in [0.2, 0.25) is 0 Å². The van der Waals surface area contributed by atoms with Crippen LogP contribution in [0.15, 0.2) is 18.5 Å². The zero-order chi connectivity index (χ0) is 20.7. The third-order valence-corrected chi connectivity index (χ3v) is 5.82. The van der Waals surface area contributed by atoms with Crippen LogP contribution in [0.5, 0.6) is 5.75 Å². The molecule has 1 unspecified atom stereocenters. The summed E-state index contributed by atoms with van der Waals surface area (Å²) in [6, 6.07) is 1.88. The van der Waals surface area contributed by atoms with Gasteiger partial charge in [-0.25, -0.2) is 4.79 Å². The number of rotatable bonds is 5. The van der Waals surface area contributed by atoms with Crippen LogP contribution in [0.3, 0.4) is 0 Å². The second-order valence-electron chi connectivity index (χ2n) is 9.21. The van der Waals surface area contributed by atoms with E-state index in [1.807, 2.05) is 40.7 Å². The number of aromatic nitrogens is 1. The molecule has 28 heavy (non-hydrogen) atoms. The van der Waals surface area contributed by atoms with Gasteiger partial charge in [-0.05, 0) is 75.1 Å². The summed E-state index contributed by atoms with van der Waals surface area (Å²) in [5, 5.41) is 3.10. The van der Waals surface area contributed by atoms with E-state index in [-0.39, 0.29) is 29.8 Å². The van der Waals surface area contributed by atoms with Gasteiger partial charge < -0.3 is 19.7 Å². The monoisotopic (exact) mass is 501 g/mol. The molecular weight excluding hydrogens is 473 g/mol. The Morgan fingerprint density at radius 1 is 1.25 bits per heavy atom. The Kier molecular flexibility index (Phi) is 5.80. The van der Waals surface area contributed by atoms with Crippen LogP contribution in [-0.2, 0) is 9.53 Å². The summed E-state index contributed by atoms with van der Waals surface area (Å²) in [6.45, 7) is 11.0. The van der Waals surface area contributed by atoms with Crippen molar-refractivity contribution in [3.8, 4) is 5.75 Å². The first-order chi connectivity index (χ1) is 13.0. The molecular formula is C20H28IN3O4. The third-order valence-electron chi connectivity index (χ3n) is 4.93. The highest BCUT2D eigenvalue weighted by atomic mass is 127. The summed E-state index contributed by atoms with van der Waals surface area (Å²) in [5.74, 6) is 1.17. The summed E-state index contributed by atoms with van der Waals surface area (Å²) < 4.78 is 12.2. The Hall–Kier alpha value is -1.58. The Balaban J connectivity index is 1.46. The Labute approximate surface area is 179 Å². The van der Waals surface area contributed by atoms with Crippen LogP contribution in [0.1, 0.15) is 34.6 Å². The fourth-order valence-electron chi connectivity index (χ4n) is 3.57. The second kappa shape index (κ2) is 7.68. The lowest BCUT2D eigenvalue weighted by atomic mass is 10.1. The molecule has 154 valence electrons. The maximum absolute atomic E-state index is 12.7. The van der Waals surface area contributed by atoms with E-state index in [1.165, 1.54) is 0 Å². The number of amides is 2. The van der Waals surface area contributed by atoms with E-state index in [0.717, 1.165) is 3.57 Å². The number of ether oxygens (including phenoxy) is 2. The lowest BCUT2D eigenvalue weighted by molar-refractivity contribution is -0.125. The standard InChI is InChI=1S/C20H28IN3O4/c1-19(2,3)28-18(26)24-9-12-13(10-24)16(12)17(25)23-20(4,5)11-27-15-8-22-7-6-14(15)21/h6-8,12-13,16H,9-11H2,1-5H3,(H,23,25)/t12-,13+,16?. The molecule has 8 heteroatoms. The van der Waals surface area contributed by atoms with Gasteiger partial charge in [-0.1, -0.05) is 0 Å². The van der Waals surface area contributed by atoms with E-state index in [0.29, 0.717) is 25.4 Å². The summed E-state index contributed by atoms with van der Waals surface area (Å²) in [4.78, 5) is 30.6. The fourth-order valence-corrected chi connectivity index (χ4v) is 4.03. The minimum absolute atomic E-state index is 0.0310. The van der Waals surface area contributed by atoms with Crippen LogP contribution in [0, 0.1) is 21.3 Å². The van der Waals surface area contributed by atoms with Gasteiger partial charge in [0.15, 0.2) is 5.75 Å². The molecule has 0 aromatic carbocycles. The predicted octanol–water partition coefficient (Wildman–Crippen LogP) is 3.07. The van der Waals surface area contributed by atoms with Gasteiger partial charge in [0.2, 0.25) is 5.91 Å². The molecule has 1 aromatic heterocycles. The zero-order valence-electron chi connectivity index (χ0n) is 17.0. The molecule has 2 aliphatic rings. The molecule has 1 aliphatic carbocycles. The van der Waals surface area contributed by atoms with Crippen molar-refractivity contribution in [2.45, 2.75) is 45.8 Å². The van der Waals surface area contributed by atoms with Crippen molar-refractivity contribution in [2.75, 3.05) is 19.7 Å². The van der Waals surface area contributed by atoms with Crippen LogP contribution in [0.4, 0.5) is 4.79 Å². The van der Waals surface area contributed by atoms with Crippen LogP contribution in [0.25, 0.3) is 0 Å². The highest BCUT2D eigenvalue weighted by molar-refractivity contribution is 14.1. The Morgan fingerprint density at radius 3 is 2.46 bits per heavy atom. The van der Waals surface area contributed by atoms with E-state index in [1.54, 1.807) is 17.3 Å². The minimum atomic E-state index is -0.503. The van der Waals surface area contributed by atoms with E-state index >= 15 is 0 Å². The number of nitrogens with zero attached hydrogens (tertiary/aromatic N) is 2. The molecule has 1 N–H and O–H groups in total. The number of hydrogen-bond donors (Lipinski definition) is 1. The van der Waals surface area contributed by atoms with Crippen molar-refractivity contribution in [1.29, 1.82) is 0 Å². The molecule has 2 fully saturated rings. The number of hydrogen-bond acceptors (Lipinski definition) is 5. The largest absolute Gasteiger partial charge is 0.488 e. The maximum Gasteiger partial charge on any atom is 0.410 e. The van der Waals surface area contributed by atoms with Crippen molar-refractivity contribution in [3.05, 3.63) is 22.0 Å². The summed E-state index contributed by atoms with van der Waals surface area (Å²) in [6.07, 6.45) is 3.10. The number of pyridine rings is 1. The third kappa shape index (κ3) is 5.07. The number of halogens is 1.